The maximum absolute atomic E-state index is 12.6. The normalized spacial score (nSPS) is 17.9. The van der Waals surface area contributed by atoms with Crippen molar-refractivity contribution in [2.75, 3.05) is 7.05 Å². The lowest BCUT2D eigenvalue weighted by Crippen LogP contribution is -2.41. The highest BCUT2D eigenvalue weighted by Crippen LogP contribution is 2.21. The summed E-state index contributed by atoms with van der Waals surface area (Å²) in [7, 11) is 1.67. The molecule has 1 aromatic heterocycles. The number of carboxylic acids is 1. The predicted molar refractivity (Wildman–Crippen MR) is 73.0 cm³/mol. The van der Waals surface area contributed by atoms with Crippen LogP contribution in [0.4, 0.5) is 0 Å². The molecule has 0 saturated heterocycles. The summed E-state index contributed by atoms with van der Waals surface area (Å²) in [4.78, 5) is 28.1. The van der Waals surface area contributed by atoms with Gasteiger partial charge in [0.15, 0.2) is 6.17 Å². The van der Waals surface area contributed by atoms with E-state index in [1.165, 1.54) is 6.20 Å². The molecule has 3 N–H and O–H groups in total. The maximum atomic E-state index is 12.6. The number of hydrogen-bond acceptors (Lipinski definition) is 4. The lowest BCUT2D eigenvalue weighted by atomic mass is 10.1. The number of carbonyl (C=O) groups excluding carboxylic acids is 1. The fraction of sp³-hybridized carbons (Fsp3) is 0.143. The first-order valence-electron chi connectivity index (χ1n) is 6.12. The van der Waals surface area contributed by atoms with Crippen molar-refractivity contribution < 1.29 is 14.7 Å². The summed E-state index contributed by atoms with van der Waals surface area (Å²) in [6.45, 7) is 0. The maximum Gasteiger partial charge on any atom is 0.353 e. The van der Waals surface area contributed by atoms with Gasteiger partial charge in [-0.1, -0.05) is 18.2 Å². The van der Waals surface area contributed by atoms with E-state index in [2.05, 4.69) is 10.3 Å². The van der Waals surface area contributed by atoms with E-state index < -0.39 is 12.1 Å². The van der Waals surface area contributed by atoms with Crippen molar-refractivity contribution in [2.24, 2.45) is 0 Å². The minimum Gasteiger partial charge on any atom is -0.477 e. The molecule has 0 radical (unpaired) electrons. The summed E-state index contributed by atoms with van der Waals surface area (Å²) in [5.41, 5.74) is 1.44. The number of rotatable bonds is 3. The number of aromatic amines is 1. The van der Waals surface area contributed by atoms with Crippen LogP contribution in [0.2, 0.25) is 0 Å². The van der Waals surface area contributed by atoms with Gasteiger partial charge in [0.1, 0.15) is 5.70 Å². The molecule has 1 aliphatic heterocycles. The Hall–Kier alpha value is -2.76. The second kappa shape index (κ2) is 4.41. The lowest BCUT2D eigenvalue weighted by Gasteiger charge is -2.19. The molecule has 0 saturated carbocycles. The van der Waals surface area contributed by atoms with Crippen molar-refractivity contribution in [1.29, 1.82) is 0 Å². The highest BCUT2D eigenvalue weighted by atomic mass is 16.4. The standard InChI is InChI=1S/C14H13N3O3/c1-17-7-11(14(19)20)16-13(17)12(18)9-6-15-10-5-3-2-4-8(9)10/h2-7,13,15-16H,1H3,(H,19,20). The quantitative estimate of drug-likeness (QED) is 0.729. The molecule has 102 valence electrons. The van der Waals surface area contributed by atoms with Crippen molar-refractivity contribution in [3.63, 3.8) is 0 Å². The molecule has 1 atom stereocenters. The van der Waals surface area contributed by atoms with Crippen LogP contribution in [-0.2, 0) is 4.79 Å². The number of hydrogen-bond donors (Lipinski definition) is 3. The number of para-hydroxylation sites is 1. The highest BCUT2D eigenvalue weighted by molar-refractivity contribution is 6.10. The molecule has 1 aliphatic rings. The zero-order valence-electron chi connectivity index (χ0n) is 10.8. The first-order valence-corrected chi connectivity index (χ1v) is 6.12. The van der Waals surface area contributed by atoms with E-state index in [9.17, 15) is 9.59 Å². The Morgan fingerprint density at radius 1 is 1.30 bits per heavy atom. The van der Waals surface area contributed by atoms with Crippen molar-refractivity contribution in [2.45, 2.75) is 6.17 Å². The molecule has 0 spiro atoms. The van der Waals surface area contributed by atoms with E-state index >= 15 is 0 Å². The van der Waals surface area contributed by atoms with E-state index in [0.29, 0.717) is 5.56 Å². The molecular formula is C14H13N3O3. The fourth-order valence-electron chi connectivity index (χ4n) is 2.35. The fourth-order valence-corrected chi connectivity index (χ4v) is 2.35. The first-order chi connectivity index (χ1) is 9.58. The van der Waals surface area contributed by atoms with Crippen molar-refractivity contribution >= 4 is 22.7 Å². The van der Waals surface area contributed by atoms with Crippen LogP contribution in [0.5, 0.6) is 0 Å². The Morgan fingerprint density at radius 3 is 2.75 bits per heavy atom. The molecule has 2 aromatic rings. The summed E-state index contributed by atoms with van der Waals surface area (Å²) < 4.78 is 0. The molecule has 1 unspecified atom stereocenters. The van der Waals surface area contributed by atoms with Gasteiger partial charge in [-0.3, -0.25) is 4.79 Å². The monoisotopic (exact) mass is 271 g/mol. The second-order valence-corrected chi connectivity index (χ2v) is 4.67. The molecule has 6 nitrogen and oxygen atoms in total. The topological polar surface area (TPSA) is 85.4 Å². The molecule has 3 rings (SSSR count). The number of Topliss-reactive ketones (excluding diaryl/α,β-unsaturated/α-hetero) is 1. The molecular weight excluding hydrogens is 258 g/mol. The smallest absolute Gasteiger partial charge is 0.353 e. The first kappa shape index (κ1) is 12.3. The zero-order valence-corrected chi connectivity index (χ0v) is 10.8. The Morgan fingerprint density at radius 2 is 2.05 bits per heavy atom. The van der Waals surface area contributed by atoms with Crippen molar-refractivity contribution in [3.05, 3.63) is 47.9 Å². The minimum absolute atomic E-state index is 0.0192. The molecule has 1 aromatic carbocycles. The number of nitrogens with zero attached hydrogens (tertiary/aromatic N) is 1. The van der Waals surface area contributed by atoms with Crippen LogP contribution in [0.3, 0.4) is 0 Å². The lowest BCUT2D eigenvalue weighted by molar-refractivity contribution is -0.133. The Kier molecular flexibility index (Phi) is 2.71. The Labute approximate surface area is 114 Å². The van der Waals surface area contributed by atoms with E-state index in [0.717, 1.165) is 10.9 Å². The van der Waals surface area contributed by atoms with Crippen LogP contribution < -0.4 is 5.32 Å². The Bertz CT molecular complexity index is 732. The molecule has 0 amide bonds. The SMILES string of the molecule is CN1C=C(C(=O)O)NC1C(=O)c1c[nH]c2ccccc12. The van der Waals surface area contributed by atoms with Gasteiger partial charge in [0.25, 0.3) is 0 Å². The van der Waals surface area contributed by atoms with Crippen LogP contribution in [0.25, 0.3) is 10.9 Å². The van der Waals surface area contributed by atoms with Gasteiger partial charge in [0.2, 0.25) is 5.78 Å². The summed E-state index contributed by atoms with van der Waals surface area (Å²) in [6, 6.07) is 7.50. The summed E-state index contributed by atoms with van der Waals surface area (Å²) in [5.74, 6) is -1.25. The number of H-pyrrole nitrogens is 1. The van der Waals surface area contributed by atoms with Gasteiger partial charge in [-0.2, -0.15) is 0 Å². The molecule has 20 heavy (non-hydrogen) atoms. The van der Waals surface area contributed by atoms with E-state index in [1.807, 2.05) is 24.3 Å². The van der Waals surface area contributed by atoms with Crippen LogP contribution in [0.15, 0.2) is 42.4 Å². The van der Waals surface area contributed by atoms with Gasteiger partial charge < -0.3 is 20.3 Å². The van der Waals surface area contributed by atoms with Crippen molar-refractivity contribution in [3.8, 4) is 0 Å². The summed E-state index contributed by atoms with van der Waals surface area (Å²) in [6.07, 6.45) is 2.38. The minimum atomic E-state index is -1.08. The number of likely N-dealkylation sites (N-methyl/N-ethyl adjacent to an activating group) is 1. The third-order valence-electron chi connectivity index (χ3n) is 3.37. The van der Waals surface area contributed by atoms with E-state index in [-0.39, 0.29) is 11.5 Å². The van der Waals surface area contributed by atoms with Crippen LogP contribution in [0.1, 0.15) is 10.4 Å². The van der Waals surface area contributed by atoms with Crippen LogP contribution in [-0.4, -0.2) is 40.0 Å². The van der Waals surface area contributed by atoms with Gasteiger partial charge in [-0.25, -0.2) is 4.79 Å². The number of fused-ring (bicyclic) bond motifs is 1. The molecule has 2 heterocycles. The second-order valence-electron chi connectivity index (χ2n) is 4.67. The van der Waals surface area contributed by atoms with Crippen LogP contribution >= 0.6 is 0 Å². The van der Waals surface area contributed by atoms with Crippen LogP contribution in [0, 0.1) is 0 Å². The number of carbonyl (C=O) groups is 2. The average Bonchev–Trinajstić information content (AvgIpc) is 3.01. The predicted octanol–water partition coefficient (Wildman–Crippen LogP) is 1.14. The molecule has 6 heteroatoms. The highest BCUT2D eigenvalue weighted by Gasteiger charge is 2.32. The number of aliphatic carboxylic acids is 1. The molecule has 0 aliphatic carbocycles. The van der Waals surface area contributed by atoms with Crippen molar-refractivity contribution in [1.82, 2.24) is 15.2 Å². The number of nitrogens with one attached hydrogen (secondary N) is 2. The average molecular weight is 271 g/mol. The summed E-state index contributed by atoms with van der Waals surface area (Å²) >= 11 is 0. The summed E-state index contributed by atoms with van der Waals surface area (Å²) in [5, 5.41) is 12.5. The van der Waals surface area contributed by atoms with E-state index in [4.69, 9.17) is 5.11 Å². The van der Waals surface area contributed by atoms with E-state index in [1.54, 1.807) is 18.1 Å². The van der Waals surface area contributed by atoms with Gasteiger partial charge in [-0.15, -0.1) is 0 Å². The Balaban J connectivity index is 1.93. The zero-order chi connectivity index (χ0) is 14.3. The third kappa shape index (κ3) is 1.82. The van der Waals surface area contributed by atoms with Gasteiger partial charge in [0, 0.05) is 35.9 Å². The number of benzene rings is 1. The number of carboxylic acid groups (broad SMARTS) is 1. The molecule has 0 fully saturated rings. The molecule has 0 bridgehead atoms. The number of ketones is 1. The largest absolute Gasteiger partial charge is 0.477 e. The van der Waals surface area contributed by atoms with Gasteiger partial charge in [0.05, 0.1) is 0 Å². The third-order valence-corrected chi connectivity index (χ3v) is 3.37. The number of aromatic nitrogens is 1. The van der Waals surface area contributed by atoms with Gasteiger partial charge >= 0.3 is 5.97 Å². The van der Waals surface area contributed by atoms with Gasteiger partial charge in [-0.05, 0) is 6.07 Å².